The molecule has 1 N–H and O–H groups in total. The van der Waals surface area contributed by atoms with E-state index < -0.39 is 5.97 Å². The Hall–Kier alpha value is -1.84. The van der Waals surface area contributed by atoms with Gasteiger partial charge in [0.1, 0.15) is 0 Å². The number of benzene rings is 1. The molecule has 4 nitrogen and oxygen atoms in total. The Balaban J connectivity index is 1.75. The second kappa shape index (κ2) is 7.81. The zero-order chi connectivity index (χ0) is 15.1. The SMILES string of the molecule is Cc1ccc(C(=O)OCC(=O)NC2CCCCCC2)cc1. The number of rotatable bonds is 4. The number of hydrogen-bond donors (Lipinski definition) is 1. The Labute approximate surface area is 125 Å². The van der Waals surface area contributed by atoms with Gasteiger partial charge in [0.2, 0.25) is 0 Å². The number of esters is 1. The first kappa shape index (κ1) is 15.5. The predicted octanol–water partition coefficient (Wildman–Crippen LogP) is 2.99. The van der Waals surface area contributed by atoms with Crippen LogP contribution in [-0.2, 0) is 9.53 Å². The molecular weight excluding hydrogens is 266 g/mol. The lowest BCUT2D eigenvalue weighted by atomic mass is 10.1. The quantitative estimate of drug-likeness (QED) is 0.685. The van der Waals surface area contributed by atoms with E-state index in [0.29, 0.717) is 5.56 Å². The van der Waals surface area contributed by atoms with Gasteiger partial charge in [0.05, 0.1) is 5.56 Å². The average Bonchev–Trinajstić information content (AvgIpc) is 2.74. The molecule has 1 aromatic rings. The van der Waals surface area contributed by atoms with Crippen LogP contribution in [0.25, 0.3) is 0 Å². The van der Waals surface area contributed by atoms with Crippen molar-refractivity contribution in [2.75, 3.05) is 6.61 Å². The molecule has 4 heteroatoms. The van der Waals surface area contributed by atoms with Crippen molar-refractivity contribution in [2.24, 2.45) is 0 Å². The minimum absolute atomic E-state index is 0.205. The molecule has 0 radical (unpaired) electrons. The first-order valence-electron chi connectivity index (χ1n) is 7.68. The van der Waals surface area contributed by atoms with Crippen LogP contribution < -0.4 is 5.32 Å². The highest BCUT2D eigenvalue weighted by Gasteiger charge is 2.16. The molecule has 0 unspecified atom stereocenters. The van der Waals surface area contributed by atoms with Gasteiger partial charge < -0.3 is 10.1 Å². The summed E-state index contributed by atoms with van der Waals surface area (Å²) in [5.41, 5.74) is 1.56. The molecule has 0 heterocycles. The van der Waals surface area contributed by atoms with Gasteiger partial charge in [-0.05, 0) is 31.9 Å². The van der Waals surface area contributed by atoms with Gasteiger partial charge in [0, 0.05) is 6.04 Å². The second-order valence-electron chi connectivity index (χ2n) is 5.70. The number of carbonyl (C=O) groups is 2. The van der Waals surface area contributed by atoms with Crippen LogP contribution >= 0.6 is 0 Å². The molecule has 21 heavy (non-hydrogen) atoms. The normalized spacial score (nSPS) is 16.0. The Morgan fingerprint density at radius 3 is 2.33 bits per heavy atom. The van der Waals surface area contributed by atoms with Crippen molar-refractivity contribution < 1.29 is 14.3 Å². The van der Waals surface area contributed by atoms with E-state index in [-0.39, 0.29) is 18.6 Å². The van der Waals surface area contributed by atoms with Crippen molar-refractivity contribution in [3.05, 3.63) is 35.4 Å². The summed E-state index contributed by atoms with van der Waals surface area (Å²) in [5, 5.41) is 2.96. The molecule has 0 bridgehead atoms. The second-order valence-corrected chi connectivity index (χ2v) is 5.70. The number of carbonyl (C=O) groups excluding carboxylic acids is 2. The fourth-order valence-electron chi connectivity index (χ4n) is 2.60. The molecule has 0 spiro atoms. The summed E-state index contributed by atoms with van der Waals surface area (Å²) in [6, 6.07) is 7.35. The monoisotopic (exact) mass is 289 g/mol. The van der Waals surface area contributed by atoms with Crippen molar-refractivity contribution in [1.29, 1.82) is 0 Å². The number of ether oxygens (including phenoxy) is 1. The molecule has 1 aromatic carbocycles. The van der Waals surface area contributed by atoms with Crippen molar-refractivity contribution >= 4 is 11.9 Å². The molecule has 114 valence electrons. The lowest BCUT2D eigenvalue weighted by Gasteiger charge is -2.16. The van der Waals surface area contributed by atoms with Gasteiger partial charge in [-0.15, -0.1) is 0 Å². The topological polar surface area (TPSA) is 55.4 Å². The highest BCUT2D eigenvalue weighted by Crippen LogP contribution is 2.17. The van der Waals surface area contributed by atoms with Gasteiger partial charge in [-0.25, -0.2) is 4.79 Å². The predicted molar refractivity (Wildman–Crippen MR) is 81.1 cm³/mol. The summed E-state index contributed by atoms with van der Waals surface area (Å²) in [6.07, 6.45) is 6.86. The smallest absolute Gasteiger partial charge is 0.338 e. The Kier molecular flexibility index (Phi) is 5.78. The van der Waals surface area contributed by atoms with Gasteiger partial charge >= 0.3 is 5.97 Å². The Morgan fingerprint density at radius 2 is 1.71 bits per heavy atom. The lowest BCUT2D eigenvalue weighted by Crippen LogP contribution is -2.37. The maximum Gasteiger partial charge on any atom is 0.338 e. The van der Waals surface area contributed by atoms with E-state index in [0.717, 1.165) is 31.2 Å². The average molecular weight is 289 g/mol. The van der Waals surface area contributed by atoms with Crippen LogP contribution in [0.5, 0.6) is 0 Å². The van der Waals surface area contributed by atoms with Crippen LogP contribution in [0, 0.1) is 6.92 Å². The maximum absolute atomic E-state index is 11.8. The van der Waals surface area contributed by atoms with E-state index >= 15 is 0 Å². The van der Waals surface area contributed by atoms with Crippen LogP contribution in [0.4, 0.5) is 0 Å². The van der Waals surface area contributed by atoms with Crippen molar-refractivity contribution in [1.82, 2.24) is 5.32 Å². The lowest BCUT2D eigenvalue weighted by molar-refractivity contribution is -0.125. The van der Waals surface area contributed by atoms with Gasteiger partial charge in [-0.1, -0.05) is 43.4 Å². The third-order valence-electron chi connectivity index (χ3n) is 3.84. The summed E-state index contributed by atoms with van der Waals surface area (Å²) >= 11 is 0. The molecule has 0 atom stereocenters. The largest absolute Gasteiger partial charge is 0.452 e. The van der Waals surface area contributed by atoms with E-state index in [4.69, 9.17) is 4.74 Å². The maximum atomic E-state index is 11.8. The summed E-state index contributed by atoms with van der Waals surface area (Å²) in [4.78, 5) is 23.6. The number of aryl methyl sites for hydroxylation is 1. The van der Waals surface area contributed by atoms with Gasteiger partial charge in [-0.2, -0.15) is 0 Å². The van der Waals surface area contributed by atoms with Crippen LogP contribution in [0.3, 0.4) is 0 Å². The number of amides is 1. The van der Waals surface area contributed by atoms with Crippen LogP contribution in [-0.4, -0.2) is 24.5 Å². The van der Waals surface area contributed by atoms with Crippen LogP contribution in [0.15, 0.2) is 24.3 Å². The summed E-state index contributed by atoms with van der Waals surface area (Å²) in [7, 11) is 0. The molecule has 2 rings (SSSR count). The zero-order valence-corrected chi connectivity index (χ0v) is 12.6. The molecule has 0 aliphatic heterocycles. The van der Waals surface area contributed by atoms with E-state index in [2.05, 4.69) is 5.32 Å². The van der Waals surface area contributed by atoms with Crippen molar-refractivity contribution in [3.63, 3.8) is 0 Å². The highest BCUT2D eigenvalue weighted by atomic mass is 16.5. The molecule has 0 saturated heterocycles. The van der Waals surface area contributed by atoms with Gasteiger partial charge in [0.25, 0.3) is 5.91 Å². The van der Waals surface area contributed by atoms with Gasteiger partial charge in [-0.3, -0.25) is 4.79 Å². The minimum Gasteiger partial charge on any atom is -0.452 e. The Bertz CT molecular complexity index is 473. The van der Waals surface area contributed by atoms with Gasteiger partial charge in [0.15, 0.2) is 6.61 Å². The molecular formula is C17H23NO3. The van der Waals surface area contributed by atoms with E-state index in [1.54, 1.807) is 12.1 Å². The van der Waals surface area contributed by atoms with E-state index in [1.165, 1.54) is 12.8 Å². The Morgan fingerprint density at radius 1 is 1.10 bits per heavy atom. The third-order valence-corrected chi connectivity index (χ3v) is 3.84. The first-order valence-corrected chi connectivity index (χ1v) is 7.68. The molecule has 1 saturated carbocycles. The standard InChI is InChI=1S/C17H23NO3/c1-13-8-10-14(11-9-13)17(20)21-12-16(19)18-15-6-4-2-3-5-7-15/h8-11,15H,2-7,12H2,1H3,(H,18,19). The minimum atomic E-state index is -0.453. The molecule has 0 aromatic heterocycles. The highest BCUT2D eigenvalue weighted by molar-refractivity contribution is 5.91. The molecule has 1 amide bonds. The van der Waals surface area contributed by atoms with Crippen LogP contribution in [0.2, 0.25) is 0 Å². The molecule has 1 aliphatic rings. The summed E-state index contributed by atoms with van der Waals surface area (Å²) < 4.78 is 5.05. The summed E-state index contributed by atoms with van der Waals surface area (Å²) in [6.45, 7) is 1.75. The number of hydrogen-bond acceptors (Lipinski definition) is 3. The fraction of sp³-hybridized carbons (Fsp3) is 0.529. The number of nitrogens with one attached hydrogen (secondary N) is 1. The van der Waals surface area contributed by atoms with Crippen LogP contribution in [0.1, 0.15) is 54.4 Å². The van der Waals surface area contributed by atoms with E-state index in [1.807, 2.05) is 19.1 Å². The summed E-state index contributed by atoms with van der Waals surface area (Å²) in [5.74, 6) is -0.659. The molecule has 1 aliphatic carbocycles. The van der Waals surface area contributed by atoms with E-state index in [9.17, 15) is 9.59 Å². The fourth-order valence-corrected chi connectivity index (χ4v) is 2.60. The zero-order valence-electron chi connectivity index (χ0n) is 12.6. The molecule has 1 fully saturated rings. The van der Waals surface area contributed by atoms with Crippen molar-refractivity contribution in [3.8, 4) is 0 Å². The third kappa shape index (κ3) is 5.21. The van der Waals surface area contributed by atoms with Crippen molar-refractivity contribution in [2.45, 2.75) is 51.5 Å². The first-order chi connectivity index (χ1) is 10.1.